The SMILES string of the molecule is CC1=C(C(=O)OCCN2CCN(C(c3ccccc3)c3ccccc3)CC2)C(c2cccc([N+](=O)[O-])c2)C(c2ccccn2)=C(C)N1. The van der Waals surface area contributed by atoms with Crippen LogP contribution in [0.2, 0.25) is 0 Å². The fraction of sp³-hybridized carbons (Fsp3) is 0.263. The normalized spacial score (nSPS) is 17.5. The van der Waals surface area contributed by atoms with E-state index in [1.165, 1.54) is 23.3 Å². The summed E-state index contributed by atoms with van der Waals surface area (Å²) in [5, 5.41) is 15.0. The number of benzene rings is 3. The fourth-order valence-corrected chi connectivity index (χ4v) is 6.75. The van der Waals surface area contributed by atoms with Gasteiger partial charge in [0, 0.05) is 73.9 Å². The van der Waals surface area contributed by atoms with Gasteiger partial charge in [0.05, 0.1) is 22.2 Å². The molecule has 0 bridgehead atoms. The zero-order valence-electron chi connectivity index (χ0n) is 26.7. The first-order valence-corrected chi connectivity index (χ1v) is 16.0. The Hall–Kier alpha value is -5.12. The van der Waals surface area contributed by atoms with Crippen molar-refractivity contribution in [1.82, 2.24) is 20.1 Å². The van der Waals surface area contributed by atoms with Gasteiger partial charge in [-0.1, -0.05) is 78.9 Å². The molecule has 3 aromatic carbocycles. The molecule has 2 aliphatic heterocycles. The summed E-state index contributed by atoms with van der Waals surface area (Å²) in [5.41, 5.74) is 6.54. The third-order valence-corrected chi connectivity index (χ3v) is 8.98. The summed E-state index contributed by atoms with van der Waals surface area (Å²) >= 11 is 0. The number of rotatable bonds is 10. The van der Waals surface area contributed by atoms with Crippen LogP contribution in [0.1, 0.15) is 48.2 Å². The largest absolute Gasteiger partial charge is 0.461 e. The summed E-state index contributed by atoms with van der Waals surface area (Å²) in [6.45, 7) is 8.13. The Morgan fingerprint density at radius 3 is 2.17 bits per heavy atom. The Morgan fingerprint density at radius 1 is 0.894 bits per heavy atom. The van der Waals surface area contributed by atoms with Crippen LogP contribution in [0.15, 0.2) is 126 Å². The molecule has 1 aromatic heterocycles. The average molecular weight is 630 g/mol. The monoisotopic (exact) mass is 629 g/mol. The lowest BCUT2D eigenvalue weighted by Crippen LogP contribution is -2.48. The second-order valence-electron chi connectivity index (χ2n) is 11.9. The van der Waals surface area contributed by atoms with Crippen LogP contribution in [0.5, 0.6) is 0 Å². The molecule has 3 heterocycles. The first-order valence-electron chi connectivity index (χ1n) is 16.0. The molecule has 0 amide bonds. The van der Waals surface area contributed by atoms with Crippen molar-refractivity contribution in [2.45, 2.75) is 25.8 Å². The molecule has 6 rings (SSSR count). The maximum absolute atomic E-state index is 13.9. The zero-order chi connectivity index (χ0) is 32.8. The number of carbonyl (C=O) groups excluding carboxylic acids is 1. The third-order valence-electron chi connectivity index (χ3n) is 8.98. The van der Waals surface area contributed by atoms with Crippen molar-refractivity contribution in [2.75, 3.05) is 39.3 Å². The molecule has 1 fully saturated rings. The van der Waals surface area contributed by atoms with Crippen LogP contribution in [0, 0.1) is 10.1 Å². The highest BCUT2D eigenvalue weighted by atomic mass is 16.6. The molecular formula is C38H39N5O4. The van der Waals surface area contributed by atoms with Gasteiger partial charge in [0.1, 0.15) is 6.61 Å². The highest BCUT2D eigenvalue weighted by molar-refractivity contribution is 5.97. The number of ether oxygens (including phenoxy) is 1. The summed E-state index contributed by atoms with van der Waals surface area (Å²) in [6, 6.07) is 33.5. The number of nitrogens with zero attached hydrogens (tertiary/aromatic N) is 4. The number of esters is 1. The van der Waals surface area contributed by atoms with E-state index >= 15 is 0 Å². The van der Waals surface area contributed by atoms with Crippen LogP contribution in [0.25, 0.3) is 5.57 Å². The lowest BCUT2D eigenvalue weighted by atomic mass is 9.79. The minimum absolute atomic E-state index is 0.0367. The van der Waals surface area contributed by atoms with Gasteiger partial charge < -0.3 is 10.1 Å². The van der Waals surface area contributed by atoms with Gasteiger partial charge in [0.25, 0.3) is 5.69 Å². The van der Waals surface area contributed by atoms with E-state index in [4.69, 9.17) is 4.74 Å². The zero-order valence-corrected chi connectivity index (χ0v) is 26.7. The van der Waals surface area contributed by atoms with E-state index in [-0.39, 0.29) is 18.3 Å². The second-order valence-corrected chi connectivity index (χ2v) is 11.9. The van der Waals surface area contributed by atoms with Crippen molar-refractivity contribution in [3.8, 4) is 0 Å². The molecule has 47 heavy (non-hydrogen) atoms. The predicted molar refractivity (Wildman–Crippen MR) is 182 cm³/mol. The number of nitro groups is 1. The van der Waals surface area contributed by atoms with E-state index in [0.29, 0.717) is 29.1 Å². The van der Waals surface area contributed by atoms with Gasteiger partial charge in [0.2, 0.25) is 0 Å². The number of dihydropyridines is 1. The molecule has 4 aromatic rings. The van der Waals surface area contributed by atoms with Crippen LogP contribution in [0.4, 0.5) is 5.69 Å². The molecule has 9 heteroatoms. The van der Waals surface area contributed by atoms with E-state index in [0.717, 1.165) is 37.4 Å². The van der Waals surface area contributed by atoms with Crippen molar-refractivity contribution in [2.24, 2.45) is 0 Å². The topological polar surface area (TPSA) is 101 Å². The Bertz CT molecular complexity index is 1730. The number of nitrogens with one attached hydrogen (secondary N) is 1. The lowest BCUT2D eigenvalue weighted by Gasteiger charge is -2.39. The second kappa shape index (κ2) is 14.5. The van der Waals surface area contributed by atoms with Crippen molar-refractivity contribution in [3.05, 3.63) is 159 Å². The summed E-state index contributed by atoms with van der Waals surface area (Å²) in [7, 11) is 0. The molecule has 0 radical (unpaired) electrons. The fourth-order valence-electron chi connectivity index (χ4n) is 6.75. The Labute approximate surface area is 275 Å². The molecule has 1 N–H and O–H groups in total. The van der Waals surface area contributed by atoms with Crippen molar-refractivity contribution < 1.29 is 14.5 Å². The van der Waals surface area contributed by atoms with Crippen molar-refractivity contribution in [3.63, 3.8) is 0 Å². The molecule has 0 spiro atoms. The van der Waals surface area contributed by atoms with E-state index in [9.17, 15) is 14.9 Å². The summed E-state index contributed by atoms with van der Waals surface area (Å²) < 4.78 is 5.95. The van der Waals surface area contributed by atoms with Gasteiger partial charge in [-0.2, -0.15) is 0 Å². The molecule has 0 saturated carbocycles. The summed E-state index contributed by atoms with van der Waals surface area (Å²) in [4.78, 5) is 34.6. The Morgan fingerprint density at radius 2 is 1.55 bits per heavy atom. The number of aromatic nitrogens is 1. The van der Waals surface area contributed by atoms with Gasteiger partial charge in [0.15, 0.2) is 0 Å². The Kier molecular flexibility index (Phi) is 9.85. The third kappa shape index (κ3) is 7.16. The smallest absolute Gasteiger partial charge is 0.336 e. The Balaban J connectivity index is 1.15. The number of non-ortho nitro benzene ring substituents is 1. The van der Waals surface area contributed by atoms with Crippen LogP contribution < -0.4 is 5.32 Å². The maximum Gasteiger partial charge on any atom is 0.336 e. The van der Waals surface area contributed by atoms with Crippen LogP contribution in [-0.2, 0) is 9.53 Å². The summed E-state index contributed by atoms with van der Waals surface area (Å²) in [5.74, 6) is -1.03. The maximum atomic E-state index is 13.9. The highest BCUT2D eigenvalue weighted by Crippen LogP contribution is 2.43. The molecule has 9 nitrogen and oxygen atoms in total. The molecular weight excluding hydrogens is 590 g/mol. The molecule has 0 aliphatic carbocycles. The molecule has 240 valence electrons. The van der Waals surface area contributed by atoms with Crippen LogP contribution in [-0.4, -0.2) is 65.0 Å². The molecule has 1 atom stereocenters. The molecule has 1 saturated heterocycles. The van der Waals surface area contributed by atoms with Crippen molar-refractivity contribution >= 4 is 17.2 Å². The highest BCUT2D eigenvalue weighted by Gasteiger charge is 2.36. The number of piperazine rings is 1. The number of carbonyl (C=O) groups is 1. The predicted octanol–water partition coefficient (Wildman–Crippen LogP) is 6.33. The molecule has 1 unspecified atom stereocenters. The van der Waals surface area contributed by atoms with E-state index in [2.05, 4.69) is 80.8 Å². The number of pyridine rings is 1. The van der Waals surface area contributed by atoms with E-state index < -0.39 is 16.8 Å². The number of allylic oxidation sites excluding steroid dienone is 3. The average Bonchev–Trinajstić information content (AvgIpc) is 3.10. The van der Waals surface area contributed by atoms with Gasteiger partial charge in [-0.15, -0.1) is 0 Å². The van der Waals surface area contributed by atoms with E-state index in [1.807, 2.05) is 38.1 Å². The van der Waals surface area contributed by atoms with Gasteiger partial charge in [-0.25, -0.2) is 4.79 Å². The first kappa shape index (κ1) is 31.8. The number of hydrogen-bond donors (Lipinski definition) is 1. The minimum Gasteiger partial charge on any atom is -0.461 e. The van der Waals surface area contributed by atoms with E-state index in [1.54, 1.807) is 12.3 Å². The van der Waals surface area contributed by atoms with Crippen LogP contribution >= 0.6 is 0 Å². The first-order chi connectivity index (χ1) is 22.9. The minimum atomic E-state index is -0.588. The van der Waals surface area contributed by atoms with Crippen molar-refractivity contribution in [1.29, 1.82) is 0 Å². The number of nitro benzene ring substituents is 1. The summed E-state index contributed by atoms with van der Waals surface area (Å²) in [6.07, 6.45) is 1.70. The quantitative estimate of drug-likeness (QED) is 0.123. The van der Waals surface area contributed by atoms with Gasteiger partial charge in [-0.05, 0) is 42.7 Å². The van der Waals surface area contributed by atoms with Gasteiger partial charge >= 0.3 is 5.97 Å². The number of hydrogen-bond acceptors (Lipinski definition) is 8. The lowest BCUT2D eigenvalue weighted by molar-refractivity contribution is -0.384. The van der Waals surface area contributed by atoms with Gasteiger partial charge in [-0.3, -0.25) is 24.9 Å². The standard InChI is InChI=1S/C38H39N5O4/c1-27-34(33-18-9-10-19-39-33)36(31-16-11-17-32(26-31)43(45)46)35(28(2)40-27)38(44)47-25-24-41-20-22-42(23-21-41)37(29-12-5-3-6-13-29)30-14-7-4-8-15-30/h3-19,26,36-37,40H,20-25H2,1-2H3. The van der Waals surface area contributed by atoms with Crippen LogP contribution in [0.3, 0.4) is 0 Å². The molecule has 2 aliphatic rings.